The molecule has 0 unspecified atom stereocenters. The van der Waals surface area contributed by atoms with Crippen molar-refractivity contribution in [2.24, 2.45) is 5.92 Å². The van der Waals surface area contributed by atoms with Gasteiger partial charge in [-0.25, -0.2) is 4.98 Å². The molecule has 1 aliphatic heterocycles. The number of carbonyl (C=O) groups excluding carboxylic acids is 1. The highest BCUT2D eigenvalue weighted by atomic mass is 35.5. The topological polar surface area (TPSA) is 45.2 Å². The molecule has 3 aromatic rings. The van der Waals surface area contributed by atoms with Gasteiger partial charge in [0.25, 0.3) is 0 Å². The lowest BCUT2D eigenvalue weighted by atomic mass is 9.95. The van der Waals surface area contributed by atoms with Crippen molar-refractivity contribution < 1.29 is 4.79 Å². The molecule has 4 rings (SSSR count). The van der Waals surface area contributed by atoms with Crippen molar-refractivity contribution in [3.8, 4) is 11.3 Å². The molecule has 0 saturated carbocycles. The normalized spacial score (nSPS) is 14.9. The molecule has 26 heavy (non-hydrogen) atoms. The Labute approximate surface area is 163 Å². The molecular formula is C20H22ClN3OS. The van der Waals surface area contributed by atoms with Gasteiger partial charge in [0, 0.05) is 31.6 Å². The van der Waals surface area contributed by atoms with Crippen LogP contribution in [-0.4, -0.2) is 31.0 Å². The molecule has 0 bridgehead atoms. The Balaban J connectivity index is 0.00000196. The summed E-state index contributed by atoms with van der Waals surface area (Å²) in [6, 6.07) is 14.6. The van der Waals surface area contributed by atoms with Crippen LogP contribution in [0.4, 0.5) is 5.69 Å². The molecule has 0 aliphatic carbocycles. The molecule has 1 aromatic carbocycles. The molecule has 2 aromatic heterocycles. The third kappa shape index (κ3) is 3.55. The van der Waals surface area contributed by atoms with Gasteiger partial charge in [-0.15, -0.1) is 23.7 Å². The Hall–Kier alpha value is -2.11. The highest BCUT2D eigenvalue weighted by Gasteiger charge is 2.25. The van der Waals surface area contributed by atoms with Crippen molar-refractivity contribution in [2.75, 3.05) is 25.0 Å². The summed E-state index contributed by atoms with van der Waals surface area (Å²) in [5.74, 6) is 0.302. The minimum atomic E-state index is 0. The number of nitrogens with one attached hydrogen (secondary N) is 1. The number of nitrogens with zero attached hydrogens (tertiary/aromatic N) is 2. The fourth-order valence-electron chi connectivity index (χ4n) is 3.52. The standard InChI is InChI=1S/C20H21N3OS.ClH/c1-21-20(24)15-7-10-23(11-8-15)18-13-17(14-5-3-2-4-6-14)22-16-9-12-25-19(16)18;/h2-6,9,12-13,15H,7-8,10-11H2,1H3,(H,21,24);1H. The van der Waals surface area contributed by atoms with E-state index in [1.165, 1.54) is 10.4 Å². The number of pyridine rings is 1. The Morgan fingerprint density at radius 1 is 1.19 bits per heavy atom. The predicted octanol–water partition coefficient (Wildman–Crippen LogP) is 4.35. The van der Waals surface area contributed by atoms with Gasteiger partial charge in [0.15, 0.2) is 0 Å². The molecule has 4 nitrogen and oxygen atoms in total. The molecule has 1 aliphatic rings. The number of amides is 1. The third-order valence-electron chi connectivity index (χ3n) is 4.91. The van der Waals surface area contributed by atoms with Crippen LogP contribution >= 0.6 is 23.7 Å². The second-order valence-corrected chi connectivity index (χ2v) is 7.32. The average molecular weight is 388 g/mol. The number of benzene rings is 1. The van der Waals surface area contributed by atoms with Gasteiger partial charge >= 0.3 is 0 Å². The minimum absolute atomic E-state index is 0. The van der Waals surface area contributed by atoms with Crippen molar-refractivity contribution >= 4 is 45.6 Å². The number of hydrogen-bond donors (Lipinski definition) is 1. The largest absolute Gasteiger partial charge is 0.370 e. The van der Waals surface area contributed by atoms with E-state index in [1.807, 2.05) is 18.2 Å². The maximum atomic E-state index is 11.9. The summed E-state index contributed by atoms with van der Waals surface area (Å²) >= 11 is 1.74. The van der Waals surface area contributed by atoms with Crippen molar-refractivity contribution in [1.82, 2.24) is 10.3 Å². The van der Waals surface area contributed by atoms with Gasteiger partial charge in [0.05, 0.1) is 21.6 Å². The smallest absolute Gasteiger partial charge is 0.222 e. The molecule has 1 amide bonds. The van der Waals surface area contributed by atoms with Crippen molar-refractivity contribution in [1.29, 1.82) is 0 Å². The molecule has 0 radical (unpaired) electrons. The summed E-state index contributed by atoms with van der Waals surface area (Å²) in [6.07, 6.45) is 1.80. The van der Waals surface area contributed by atoms with Gasteiger partial charge in [-0.1, -0.05) is 30.3 Å². The van der Waals surface area contributed by atoms with Gasteiger partial charge in [-0.2, -0.15) is 0 Å². The lowest BCUT2D eigenvalue weighted by Crippen LogP contribution is -2.39. The molecule has 1 fully saturated rings. The van der Waals surface area contributed by atoms with E-state index in [4.69, 9.17) is 4.98 Å². The first-order valence-corrected chi connectivity index (χ1v) is 9.54. The molecule has 0 atom stereocenters. The molecule has 0 spiro atoms. The van der Waals surface area contributed by atoms with E-state index in [-0.39, 0.29) is 24.2 Å². The Kier molecular flexibility index (Phi) is 5.79. The van der Waals surface area contributed by atoms with Crippen LogP contribution in [0.15, 0.2) is 47.8 Å². The summed E-state index contributed by atoms with van der Waals surface area (Å²) in [6.45, 7) is 1.81. The number of carbonyl (C=O) groups is 1. The van der Waals surface area contributed by atoms with Crippen LogP contribution in [0.1, 0.15) is 12.8 Å². The number of halogens is 1. The number of aromatic nitrogens is 1. The van der Waals surface area contributed by atoms with Crippen molar-refractivity contribution in [3.63, 3.8) is 0 Å². The average Bonchev–Trinajstić information content (AvgIpc) is 3.16. The van der Waals surface area contributed by atoms with Crippen molar-refractivity contribution in [2.45, 2.75) is 12.8 Å². The molecule has 1 saturated heterocycles. The Bertz CT molecular complexity index is 888. The Morgan fingerprint density at radius 3 is 2.62 bits per heavy atom. The quantitative estimate of drug-likeness (QED) is 0.726. The molecule has 3 heterocycles. The highest BCUT2D eigenvalue weighted by Crippen LogP contribution is 2.36. The first-order chi connectivity index (χ1) is 12.3. The SMILES string of the molecule is CNC(=O)C1CCN(c2cc(-c3ccccc3)nc3ccsc23)CC1.Cl. The second kappa shape index (κ2) is 8.06. The molecule has 6 heteroatoms. The van der Waals surface area contributed by atoms with E-state index in [1.54, 1.807) is 18.4 Å². The lowest BCUT2D eigenvalue weighted by molar-refractivity contribution is -0.125. The van der Waals surface area contributed by atoms with E-state index in [2.05, 4.69) is 39.9 Å². The van der Waals surface area contributed by atoms with E-state index in [0.717, 1.165) is 42.7 Å². The summed E-state index contributed by atoms with van der Waals surface area (Å²) < 4.78 is 1.23. The van der Waals surface area contributed by atoms with E-state index < -0.39 is 0 Å². The zero-order chi connectivity index (χ0) is 17.2. The summed E-state index contributed by atoms with van der Waals surface area (Å²) in [7, 11) is 1.72. The van der Waals surface area contributed by atoms with E-state index >= 15 is 0 Å². The van der Waals surface area contributed by atoms with Crippen LogP contribution in [0.5, 0.6) is 0 Å². The highest BCUT2D eigenvalue weighted by molar-refractivity contribution is 7.17. The van der Waals surface area contributed by atoms with E-state index in [9.17, 15) is 4.79 Å². The first-order valence-electron chi connectivity index (χ1n) is 8.66. The molecular weight excluding hydrogens is 366 g/mol. The van der Waals surface area contributed by atoms with Crippen LogP contribution in [0.3, 0.4) is 0 Å². The van der Waals surface area contributed by atoms with Crippen molar-refractivity contribution in [3.05, 3.63) is 47.8 Å². The van der Waals surface area contributed by atoms with Gasteiger partial charge in [-0.05, 0) is 30.4 Å². The number of fused-ring (bicyclic) bond motifs is 1. The Morgan fingerprint density at radius 2 is 1.92 bits per heavy atom. The van der Waals surface area contributed by atoms with Crippen LogP contribution in [0.2, 0.25) is 0 Å². The zero-order valence-electron chi connectivity index (χ0n) is 14.6. The number of hydrogen-bond acceptors (Lipinski definition) is 4. The number of piperidine rings is 1. The van der Waals surface area contributed by atoms with Crippen LogP contribution in [0, 0.1) is 5.92 Å². The van der Waals surface area contributed by atoms with Crippen LogP contribution in [0.25, 0.3) is 21.5 Å². The predicted molar refractivity (Wildman–Crippen MR) is 111 cm³/mol. The van der Waals surface area contributed by atoms with Crippen LogP contribution in [-0.2, 0) is 4.79 Å². The third-order valence-corrected chi connectivity index (χ3v) is 5.84. The minimum Gasteiger partial charge on any atom is -0.370 e. The fourth-order valence-corrected chi connectivity index (χ4v) is 4.39. The zero-order valence-corrected chi connectivity index (χ0v) is 16.3. The van der Waals surface area contributed by atoms with E-state index in [0.29, 0.717) is 0 Å². The monoisotopic (exact) mass is 387 g/mol. The van der Waals surface area contributed by atoms with Gasteiger partial charge < -0.3 is 10.2 Å². The number of anilines is 1. The fraction of sp³-hybridized carbons (Fsp3) is 0.300. The van der Waals surface area contributed by atoms with Gasteiger partial charge in [0.2, 0.25) is 5.91 Å². The van der Waals surface area contributed by atoms with Gasteiger partial charge in [-0.3, -0.25) is 4.79 Å². The molecule has 136 valence electrons. The van der Waals surface area contributed by atoms with Crippen LogP contribution < -0.4 is 10.2 Å². The number of rotatable bonds is 3. The number of thiophene rings is 1. The maximum absolute atomic E-state index is 11.9. The summed E-state index contributed by atoms with van der Waals surface area (Å²) in [5, 5.41) is 4.88. The van der Waals surface area contributed by atoms with Gasteiger partial charge in [0.1, 0.15) is 0 Å². The maximum Gasteiger partial charge on any atom is 0.222 e. The summed E-state index contributed by atoms with van der Waals surface area (Å²) in [5.41, 5.74) is 4.44. The summed E-state index contributed by atoms with van der Waals surface area (Å²) in [4.78, 5) is 19.1. The first kappa shape index (κ1) is 18.7. The lowest BCUT2D eigenvalue weighted by Gasteiger charge is -2.33. The molecule has 1 N–H and O–H groups in total. The second-order valence-electron chi connectivity index (χ2n) is 6.40.